The number of ether oxygens (including phenoxy) is 1. The van der Waals surface area contributed by atoms with Gasteiger partial charge in [-0.1, -0.05) is 20.8 Å². The zero-order valence-electron chi connectivity index (χ0n) is 14.7. The number of piperidine rings is 1. The van der Waals surface area contributed by atoms with Gasteiger partial charge in [0.15, 0.2) is 0 Å². The van der Waals surface area contributed by atoms with Crippen molar-refractivity contribution in [1.82, 2.24) is 10.2 Å². The average Bonchev–Trinajstić information content (AvgIpc) is 2.37. The maximum Gasteiger partial charge on any atom is 0.410 e. The largest absolute Gasteiger partial charge is 0.444 e. The highest BCUT2D eigenvalue weighted by Crippen LogP contribution is 2.19. The van der Waals surface area contributed by atoms with Crippen LogP contribution in [0.25, 0.3) is 0 Å². The van der Waals surface area contributed by atoms with E-state index in [-0.39, 0.29) is 6.09 Å². The highest BCUT2D eigenvalue weighted by Gasteiger charge is 2.26. The van der Waals surface area contributed by atoms with Crippen molar-refractivity contribution < 1.29 is 9.53 Å². The van der Waals surface area contributed by atoms with Crippen LogP contribution in [-0.4, -0.2) is 42.8 Å². The van der Waals surface area contributed by atoms with E-state index in [1.54, 1.807) is 0 Å². The maximum absolute atomic E-state index is 12.0. The van der Waals surface area contributed by atoms with Gasteiger partial charge in [0, 0.05) is 13.1 Å². The van der Waals surface area contributed by atoms with Gasteiger partial charge in [-0.2, -0.15) is 0 Å². The lowest BCUT2D eigenvalue weighted by Crippen LogP contribution is -2.43. The lowest BCUT2D eigenvalue weighted by Gasteiger charge is -2.33. The predicted molar refractivity (Wildman–Crippen MR) is 87.4 cm³/mol. The predicted octanol–water partition coefficient (Wildman–Crippen LogP) is 3.52. The van der Waals surface area contributed by atoms with Gasteiger partial charge < -0.3 is 15.0 Å². The van der Waals surface area contributed by atoms with Crippen LogP contribution in [0.4, 0.5) is 4.79 Å². The van der Waals surface area contributed by atoms with Gasteiger partial charge in [-0.15, -0.1) is 0 Å². The summed E-state index contributed by atoms with van der Waals surface area (Å²) in [5.74, 6) is 2.13. The highest BCUT2D eigenvalue weighted by atomic mass is 16.6. The van der Waals surface area contributed by atoms with Gasteiger partial charge in [-0.05, 0) is 64.5 Å². The molecule has 1 unspecified atom stereocenters. The first kappa shape index (κ1) is 18.3. The summed E-state index contributed by atoms with van der Waals surface area (Å²) in [5.41, 5.74) is -0.400. The van der Waals surface area contributed by atoms with Gasteiger partial charge in [0.25, 0.3) is 0 Å². The molecule has 0 spiro atoms. The molecule has 1 heterocycles. The van der Waals surface area contributed by atoms with Crippen molar-refractivity contribution in [3.63, 3.8) is 0 Å². The van der Waals surface area contributed by atoms with Crippen LogP contribution in [0.5, 0.6) is 0 Å². The van der Waals surface area contributed by atoms with E-state index in [1.807, 2.05) is 25.7 Å². The third-order valence-corrected chi connectivity index (χ3v) is 4.30. The molecule has 0 aromatic heterocycles. The van der Waals surface area contributed by atoms with Crippen LogP contribution < -0.4 is 5.32 Å². The monoisotopic (exact) mass is 298 g/mol. The van der Waals surface area contributed by atoms with Crippen molar-refractivity contribution in [2.24, 2.45) is 17.8 Å². The summed E-state index contributed by atoms with van der Waals surface area (Å²) in [7, 11) is 0. The van der Waals surface area contributed by atoms with Gasteiger partial charge in [-0.25, -0.2) is 4.79 Å². The van der Waals surface area contributed by atoms with Crippen LogP contribution in [0, 0.1) is 17.8 Å². The second-order valence-electron chi connectivity index (χ2n) is 7.79. The van der Waals surface area contributed by atoms with Gasteiger partial charge in [0.2, 0.25) is 0 Å². The van der Waals surface area contributed by atoms with Gasteiger partial charge in [-0.3, -0.25) is 0 Å². The van der Waals surface area contributed by atoms with Crippen LogP contribution in [0.2, 0.25) is 0 Å². The minimum absolute atomic E-state index is 0.165. The normalized spacial score (nSPS) is 18.9. The third-order valence-electron chi connectivity index (χ3n) is 4.30. The summed E-state index contributed by atoms with van der Waals surface area (Å²) in [6.45, 7) is 16.4. The molecule has 1 N–H and O–H groups in total. The molecule has 124 valence electrons. The van der Waals surface area contributed by atoms with Gasteiger partial charge in [0.05, 0.1) is 0 Å². The number of carbonyl (C=O) groups excluding carboxylic acids is 1. The summed E-state index contributed by atoms with van der Waals surface area (Å²) in [4.78, 5) is 13.8. The van der Waals surface area contributed by atoms with Crippen LogP contribution >= 0.6 is 0 Å². The molecule has 0 aromatic rings. The summed E-state index contributed by atoms with van der Waals surface area (Å²) in [5, 5.41) is 3.58. The van der Waals surface area contributed by atoms with Crippen molar-refractivity contribution in [2.75, 3.05) is 26.2 Å². The molecule has 1 rings (SSSR count). The van der Waals surface area contributed by atoms with Crippen molar-refractivity contribution in [1.29, 1.82) is 0 Å². The van der Waals surface area contributed by atoms with E-state index in [1.165, 1.54) is 0 Å². The van der Waals surface area contributed by atoms with E-state index < -0.39 is 5.60 Å². The SMILES string of the molecule is CC(C)C(C)CNCC1CCN(C(=O)OC(C)(C)C)CC1. The van der Waals surface area contributed by atoms with Crippen molar-refractivity contribution in [2.45, 2.75) is 60.0 Å². The minimum atomic E-state index is -0.400. The molecule has 0 saturated carbocycles. The second kappa shape index (κ2) is 8.02. The molecule has 21 heavy (non-hydrogen) atoms. The number of rotatable bonds is 5. The van der Waals surface area contributed by atoms with E-state index in [9.17, 15) is 4.79 Å². The number of hydrogen-bond acceptors (Lipinski definition) is 3. The van der Waals surface area contributed by atoms with E-state index >= 15 is 0 Å². The fraction of sp³-hybridized carbons (Fsp3) is 0.941. The van der Waals surface area contributed by atoms with Gasteiger partial charge in [0.1, 0.15) is 5.60 Å². The van der Waals surface area contributed by atoms with E-state index in [0.717, 1.165) is 44.9 Å². The van der Waals surface area contributed by atoms with Crippen molar-refractivity contribution >= 4 is 6.09 Å². The molecule has 0 radical (unpaired) electrons. The summed E-state index contributed by atoms with van der Waals surface area (Å²) >= 11 is 0. The smallest absolute Gasteiger partial charge is 0.410 e. The molecule has 0 bridgehead atoms. The maximum atomic E-state index is 12.0. The summed E-state index contributed by atoms with van der Waals surface area (Å²) < 4.78 is 5.42. The summed E-state index contributed by atoms with van der Waals surface area (Å²) in [6, 6.07) is 0. The Hall–Kier alpha value is -0.770. The summed E-state index contributed by atoms with van der Waals surface area (Å²) in [6.07, 6.45) is 1.98. The molecule has 0 aromatic carbocycles. The number of nitrogens with one attached hydrogen (secondary N) is 1. The third kappa shape index (κ3) is 7.16. The zero-order valence-corrected chi connectivity index (χ0v) is 14.7. The standard InChI is InChI=1S/C17H34N2O2/c1-13(2)14(3)11-18-12-15-7-9-19(10-8-15)16(20)21-17(4,5)6/h13-15,18H,7-12H2,1-6H3. The first-order chi connectivity index (χ1) is 9.69. The van der Waals surface area contributed by atoms with Crippen LogP contribution in [0.1, 0.15) is 54.4 Å². The quantitative estimate of drug-likeness (QED) is 0.844. The number of nitrogens with zero attached hydrogens (tertiary/aromatic N) is 1. The van der Waals surface area contributed by atoms with Crippen LogP contribution in [0.3, 0.4) is 0 Å². The van der Waals surface area contributed by atoms with Crippen LogP contribution in [-0.2, 0) is 4.74 Å². The molecule has 4 nitrogen and oxygen atoms in total. The molecule has 1 aliphatic rings. The fourth-order valence-corrected chi connectivity index (χ4v) is 2.40. The molecule has 1 aliphatic heterocycles. The van der Waals surface area contributed by atoms with Crippen molar-refractivity contribution in [3.05, 3.63) is 0 Å². The Morgan fingerprint density at radius 3 is 2.29 bits per heavy atom. The van der Waals surface area contributed by atoms with E-state index in [0.29, 0.717) is 11.8 Å². The Kier molecular flexibility index (Phi) is 6.98. The molecule has 1 fully saturated rings. The Bertz CT molecular complexity index is 315. The number of likely N-dealkylation sites (tertiary alicyclic amines) is 1. The second-order valence-corrected chi connectivity index (χ2v) is 7.79. The van der Waals surface area contributed by atoms with Crippen LogP contribution in [0.15, 0.2) is 0 Å². The topological polar surface area (TPSA) is 41.6 Å². The molecule has 0 aliphatic carbocycles. The average molecular weight is 298 g/mol. The lowest BCUT2D eigenvalue weighted by atomic mass is 9.95. The molecular formula is C17H34N2O2. The minimum Gasteiger partial charge on any atom is -0.444 e. The Morgan fingerprint density at radius 1 is 1.24 bits per heavy atom. The number of carbonyl (C=O) groups is 1. The van der Waals surface area contributed by atoms with E-state index in [4.69, 9.17) is 4.74 Å². The highest BCUT2D eigenvalue weighted by molar-refractivity contribution is 5.68. The number of hydrogen-bond donors (Lipinski definition) is 1. The first-order valence-electron chi connectivity index (χ1n) is 8.37. The molecule has 1 amide bonds. The molecule has 1 saturated heterocycles. The molecular weight excluding hydrogens is 264 g/mol. The molecule has 4 heteroatoms. The zero-order chi connectivity index (χ0) is 16.0. The van der Waals surface area contributed by atoms with Crippen molar-refractivity contribution in [3.8, 4) is 0 Å². The fourth-order valence-electron chi connectivity index (χ4n) is 2.40. The Balaban J connectivity index is 2.22. The first-order valence-corrected chi connectivity index (χ1v) is 8.37. The molecule has 1 atom stereocenters. The van der Waals surface area contributed by atoms with Gasteiger partial charge >= 0.3 is 6.09 Å². The van der Waals surface area contributed by atoms with E-state index in [2.05, 4.69) is 26.1 Å². The Morgan fingerprint density at radius 2 is 1.81 bits per heavy atom. The lowest BCUT2D eigenvalue weighted by molar-refractivity contribution is 0.0184. The number of amides is 1. The Labute approximate surface area is 130 Å².